The van der Waals surface area contributed by atoms with Crippen molar-refractivity contribution in [2.45, 2.75) is 12.8 Å². The van der Waals surface area contributed by atoms with E-state index in [2.05, 4.69) is 15.1 Å². The first-order chi connectivity index (χ1) is 14.7. The number of nitrogens with zero attached hydrogens (tertiary/aromatic N) is 6. The summed E-state index contributed by atoms with van der Waals surface area (Å²) in [7, 11) is 0. The molecule has 156 valence electrons. The number of rotatable bonds is 4. The first-order valence-electron chi connectivity index (χ1n) is 10.1. The summed E-state index contributed by atoms with van der Waals surface area (Å²) in [5, 5.41) is 10.2. The minimum absolute atomic E-state index is 0.0666. The van der Waals surface area contributed by atoms with E-state index in [0.717, 1.165) is 18.2 Å². The summed E-state index contributed by atoms with van der Waals surface area (Å²) in [5.41, 5.74) is 0.560. The molecule has 30 heavy (non-hydrogen) atoms. The maximum atomic E-state index is 13.2. The minimum atomic E-state index is -0.140. The van der Waals surface area contributed by atoms with Gasteiger partial charge in [0.1, 0.15) is 5.69 Å². The van der Waals surface area contributed by atoms with Crippen LogP contribution in [0.3, 0.4) is 0 Å². The van der Waals surface area contributed by atoms with Crippen LogP contribution in [-0.2, 0) is 0 Å². The van der Waals surface area contributed by atoms with Crippen molar-refractivity contribution in [1.82, 2.24) is 24.6 Å². The van der Waals surface area contributed by atoms with Crippen LogP contribution in [0, 0.1) is 0 Å². The Morgan fingerprint density at radius 1 is 0.867 bits per heavy atom. The molecule has 0 bridgehead atoms. The largest absolute Gasteiger partial charge is 0.459 e. The quantitative estimate of drug-likeness (QED) is 0.635. The molecule has 2 fully saturated rings. The van der Waals surface area contributed by atoms with Crippen molar-refractivity contribution in [3.05, 3.63) is 48.2 Å². The van der Waals surface area contributed by atoms with E-state index in [4.69, 9.17) is 4.42 Å². The molecular formula is C20H22N6O3S. The van der Waals surface area contributed by atoms with Gasteiger partial charge in [-0.1, -0.05) is 11.3 Å². The molecule has 0 radical (unpaired) electrons. The van der Waals surface area contributed by atoms with Crippen molar-refractivity contribution >= 4 is 28.3 Å². The predicted molar refractivity (Wildman–Crippen MR) is 111 cm³/mol. The lowest BCUT2D eigenvalue weighted by molar-refractivity contribution is 0.0514. The highest BCUT2D eigenvalue weighted by molar-refractivity contribution is 7.17. The third-order valence-corrected chi connectivity index (χ3v) is 6.52. The predicted octanol–water partition coefficient (Wildman–Crippen LogP) is 2.12. The molecule has 0 aromatic carbocycles. The van der Waals surface area contributed by atoms with Crippen LogP contribution in [0.25, 0.3) is 5.13 Å². The zero-order valence-corrected chi connectivity index (χ0v) is 17.3. The molecule has 2 aliphatic rings. The molecule has 5 rings (SSSR count). The van der Waals surface area contributed by atoms with Gasteiger partial charge in [-0.05, 0) is 37.1 Å². The van der Waals surface area contributed by atoms with Crippen molar-refractivity contribution in [2.24, 2.45) is 0 Å². The van der Waals surface area contributed by atoms with Crippen molar-refractivity contribution in [1.29, 1.82) is 0 Å². The van der Waals surface area contributed by atoms with Crippen LogP contribution in [0.4, 0.5) is 5.13 Å². The fourth-order valence-electron chi connectivity index (χ4n) is 3.89. The molecule has 3 aromatic heterocycles. The van der Waals surface area contributed by atoms with E-state index in [1.165, 1.54) is 30.4 Å². The number of aromatic nitrogens is 3. The van der Waals surface area contributed by atoms with Crippen molar-refractivity contribution in [3.63, 3.8) is 0 Å². The maximum absolute atomic E-state index is 13.2. The van der Waals surface area contributed by atoms with Crippen molar-refractivity contribution in [2.75, 3.05) is 44.2 Å². The Balaban J connectivity index is 1.27. The van der Waals surface area contributed by atoms with Crippen LogP contribution in [0.5, 0.6) is 0 Å². The second kappa shape index (κ2) is 7.94. The lowest BCUT2D eigenvalue weighted by atomic mass is 10.2. The van der Waals surface area contributed by atoms with E-state index in [1.807, 2.05) is 12.3 Å². The number of amides is 2. The molecule has 0 atom stereocenters. The van der Waals surface area contributed by atoms with E-state index in [1.54, 1.807) is 32.6 Å². The summed E-state index contributed by atoms with van der Waals surface area (Å²) in [5.74, 6) is 0.121. The molecule has 0 unspecified atom stereocenters. The van der Waals surface area contributed by atoms with Gasteiger partial charge in [0.05, 0.1) is 6.26 Å². The standard InChI is InChI=1S/C20H22N6O3S/c27-17(23-10-12-24(13-11-23)18(28)16-6-4-14-29-16)15-5-3-9-26(15)20-22-21-19(30-20)25-7-1-2-8-25/h3-6,9,14H,1-2,7-8,10-13H2. The number of furan rings is 1. The van der Waals surface area contributed by atoms with Crippen molar-refractivity contribution in [3.8, 4) is 5.13 Å². The summed E-state index contributed by atoms with van der Waals surface area (Å²) >= 11 is 1.50. The highest BCUT2D eigenvalue weighted by Gasteiger charge is 2.28. The van der Waals surface area contributed by atoms with E-state index in [0.29, 0.717) is 42.8 Å². The van der Waals surface area contributed by atoms with Gasteiger partial charge in [0.2, 0.25) is 10.3 Å². The number of hydrogen-bond acceptors (Lipinski definition) is 7. The van der Waals surface area contributed by atoms with Crippen LogP contribution in [0.15, 0.2) is 41.1 Å². The van der Waals surface area contributed by atoms with Gasteiger partial charge in [0, 0.05) is 45.5 Å². The Labute approximate surface area is 177 Å². The van der Waals surface area contributed by atoms with E-state index in [9.17, 15) is 9.59 Å². The number of carbonyl (C=O) groups excluding carboxylic acids is 2. The monoisotopic (exact) mass is 426 g/mol. The smallest absolute Gasteiger partial charge is 0.289 e. The van der Waals surface area contributed by atoms with Gasteiger partial charge < -0.3 is 19.1 Å². The Kier molecular flexibility index (Phi) is 4.99. The average Bonchev–Trinajstić information content (AvgIpc) is 3.59. The number of hydrogen-bond donors (Lipinski definition) is 0. The summed E-state index contributed by atoms with van der Waals surface area (Å²) in [6, 6.07) is 7.01. The number of carbonyl (C=O) groups is 2. The highest BCUT2D eigenvalue weighted by Crippen LogP contribution is 2.27. The first-order valence-corrected chi connectivity index (χ1v) is 10.9. The Morgan fingerprint density at radius 3 is 2.27 bits per heavy atom. The molecule has 9 nitrogen and oxygen atoms in total. The topological polar surface area (TPSA) is 87.7 Å². The van der Waals surface area contributed by atoms with Crippen LogP contribution in [0.1, 0.15) is 33.9 Å². The third-order valence-electron chi connectivity index (χ3n) is 5.54. The minimum Gasteiger partial charge on any atom is -0.459 e. The second-order valence-electron chi connectivity index (χ2n) is 7.39. The molecular weight excluding hydrogens is 404 g/mol. The Hall–Kier alpha value is -3.14. The number of piperazine rings is 1. The summed E-state index contributed by atoms with van der Waals surface area (Å²) < 4.78 is 7.00. The van der Waals surface area contributed by atoms with E-state index in [-0.39, 0.29) is 11.8 Å². The lowest BCUT2D eigenvalue weighted by Gasteiger charge is -2.34. The Bertz CT molecular complexity index is 1030. The molecule has 3 aromatic rings. The fraction of sp³-hybridized carbons (Fsp3) is 0.400. The van der Waals surface area contributed by atoms with Crippen LogP contribution in [0.2, 0.25) is 0 Å². The van der Waals surface area contributed by atoms with Crippen LogP contribution >= 0.6 is 11.3 Å². The molecule has 5 heterocycles. The first kappa shape index (κ1) is 18.9. The molecule has 0 saturated carbocycles. The molecule has 2 saturated heterocycles. The summed E-state index contributed by atoms with van der Waals surface area (Å²) in [6.45, 7) is 3.92. The van der Waals surface area contributed by atoms with Gasteiger partial charge in [-0.15, -0.1) is 10.2 Å². The van der Waals surface area contributed by atoms with Crippen LogP contribution in [-0.4, -0.2) is 75.6 Å². The fourth-order valence-corrected chi connectivity index (χ4v) is 4.79. The zero-order valence-electron chi connectivity index (χ0n) is 16.4. The average molecular weight is 427 g/mol. The zero-order chi connectivity index (χ0) is 20.5. The summed E-state index contributed by atoms with van der Waals surface area (Å²) in [6.07, 6.45) is 5.69. The Morgan fingerprint density at radius 2 is 1.57 bits per heavy atom. The normalized spacial score (nSPS) is 17.0. The molecule has 2 aliphatic heterocycles. The van der Waals surface area contributed by atoms with Gasteiger partial charge in [-0.25, -0.2) is 0 Å². The maximum Gasteiger partial charge on any atom is 0.289 e. The highest BCUT2D eigenvalue weighted by atomic mass is 32.1. The lowest BCUT2D eigenvalue weighted by Crippen LogP contribution is -2.50. The molecule has 10 heteroatoms. The van der Waals surface area contributed by atoms with Gasteiger partial charge >= 0.3 is 0 Å². The molecule has 0 aliphatic carbocycles. The molecule has 2 amide bonds. The van der Waals surface area contributed by atoms with Gasteiger partial charge in [0.15, 0.2) is 5.76 Å². The SMILES string of the molecule is O=C(c1ccco1)N1CCN(C(=O)c2cccn2-c2nnc(N3CCCC3)s2)CC1. The van der Waals surface area contributed by atoms with E-state index >= 15 is 0 Å². The van der Waals surface area contributed by atoms with E-state index < -0.39 is 0 Å². The molecule has 0 spiro atoms. The van der Waals surface area contributed by atoms with Crippen LogP contribution < -0.4 is 4.90 Å². The van der Waals surface area contributed by atoms with Crippen molar-refractivity contribution < 1.29 is 14.0 Å². The number of anilines is 1. The second-order valence-corrected chi connectivity index (χ2v) is 8.32. The molecule has 0 N–H and O–H groups in total. The van der Waals surface area contributed by atoms with Gasteiger partial charge in [-0.2, -0.15) is 0 Å². The third kappa shape index (κ3) is 3.47. The van der Waals surface area contributed by atoms with Gasteiger partial charge in [-0.3, -0.25) is 14.2 Å². The van der Waals surface area contributed by atoms with Gasteiger partial charge in [0.25, 0.3) is 11.8 Å². The summed E-state index contributed by atoms with van der Waals surface area (Å²) in [4.78, 5) is 31.3.